The molecule has 1 heterocycles. The van der Waals surface area contributed by atoms with Gasteiger partial charge in [0, 0.05) is 7.11 Å². The van der Waals surface area contributed by atoms with Gasteiger partial charge in [-0.3, -0.25) is 4.79 Å². The highest BCUT2D eigenvalue weighted by atomic mass is 79.9. The number of nitrogens with two attached hydrogens (primary N) is 1. The molecule has 0 bridgehead atoms. The molecular weight excluding hydrogens is 456 g/mol. The first-order chi connectivity index (χ1) is 14.7. The third-order valence-electron chi connectivity index (χ3n) is 6.41. The lowest BCUT2D eigenvalue weighted by atomic mass is 9.64. The maximum atomic E-state index is 13.2. The molecular formula is C24H29BrN4O2. The average molecular weight is 485 g/mol. The second-order valence-corrected chi connectivity index (χ2v) is 8.02. The molecule has 0 aliphatic heterocycles. The van der Waals surface area contributed by atoms with E-state index in [-0.39, 0.29) is 34.8 Å². The molecule has 6 nitrogen and oxygen atoms in total. The van der Waals surface area contributed by atoms with Crippen molar-refractivity contribution in [2.45, 2.75) is 37.3 Å². The summed E-state index contributed by atoms with van der Waals surface area (Å²) in [5.41, 5.74) is 7.27. The molecule has 7 heteroatoms. The van der Waals surface area contributed by atoms with Crippen molar-refractivity contribution >= 4 is 5.91 Å². The van der Waals surface area contributed by atoms with Crippen molar-refractivity contribution < 1.29 is 31.2 Å². The fourth-order valence-electron chi connectivity index (χ4n) is 4.98. The topological polar surface area (TPSA) is 74.0 Å². The van der Waals surface area contributed by atoms with Crippen molar-refractivity contribution in [3.8, 4) is 0 Å². The van der Waals surface area contributed by atoms with Gasteiger partial charge in [0.05, 0.1) is 6.61 Å². The molecule has 2 aromatic carbocycles. The molecule has 1 aromatic heterocycles. The molecule has 1 fully saturated rings. The molecule has 1 aliphatic carbocycles. The Morgan fingerprint density at radius 1 is 1.13 bits per heavy atom. The maximum Gasteiger partial charge on any atom is 0.266 e. The van der Waals surface area contributed by atoms with Gasteiger partial charge in [-0.2, -0.15) is 0 Å². The molecule has 0 radical (unpaired) electrons. The predicted molar refractivity (Wildman–Crippen MR) is 114 cm³/mol. The predicted octanol–water partition coefficient (Wildman–Crippen LogP) is -0.366. The molecule has 0 saturated heterocycles. The van der Waals surface area contributed by atoms with E-state index in [0.29, 0.717) is 6.61 Å². The minimum atomic E-state index is -0.843. The number of carbonyl (C=O) groups is 1. The standard InChI is InChI=1S/C24H28N4O2.BrH/c1-30-15-14-28-18-27(17-26-28)22-13-12-21(16-22)24(23(25)29,19-8-4-2-5-9-19)20-10-6-3-7-11-20;/h2-11,17-18,21-22H,12-16H2,1H3,(H-,25,29);1H. The van der Waals surface area contributed by atoms with Gasteiger partial charge in [0.25, 0.3) is 6.33 Å². The van der Waals surface area contributed by atoms with Crippen LogP contribution in [0.15, 0.2) is 73.3 Å². The lowest BCUT2D eigenvalue weighted by Crippen LogP contribution is -3.00. The number of hydrogen-bond donors (Lipinski definition) is 1. The maximum absolute atomic E-state index is 13.2. The summed E-state index contributed by atoms with van der Waals surface area (Å²) in [4.78, 5) is 13.2. The Kier molecular flexibility index (Phi) is 7.62. The van der Waals surface area contributed by atoms with E-state index < -0.39 is 5.41 Å². The first-order valence-corrected chi connectivity index (χ1v) is 10.5. The normalized spacial score (nSPS) is 18.5. The van der Waals surface area contributed by atoms with Gasteiger partial charge in [0.1, 0.15) is 18.0 Å². The molecule has 1 saturated carbocycles. The Morgan fingerprint density at radius 2 is 1.74 bits per heavy atom. The number of aromatic nitrogens is 3. The first kappa shape index (κ1) is 23.2. The summed E-state index contributed by atoms with van der Waals surface area (Å²) in [6.07, 6.45) is 6.68. The minimum absolute atomic E-state index is 0. The van der Waals surface area contributed by atoms with Crippen LogP contribution in [0.25, 0.3) is 0 Å². The summed E-state index contributed by atoms with van der Waals surface area (Å²) in [5, 5.41) is 4.44. The second kappa shape index (κ2) is 10.2. The minimum Gasteiger partial charge on any atom is -1.00 e. The Balaban J connectivity index is 0.00000272. The molecule has 2 atom stereocenters. The van der Waals surface area contributed by atoms with Gasteiger partial charge in [-0.25, -0.2) is 4.57 Å². The van der Waals surface area contributed by atoms with E-state index in [1.807, 2.05) is 78.0 Å². The van der Waals surface area contributed by atoms with Crippen LogP contribution >= 0.6 is 0 Å². The highest BCUT2D eigenvalue weighted by Crippen LogP contribution is 2.49. The van der Waals surface area contributed by atoms with E-state index in [4.69, 9.17) is 10.5 Å². The third kappa shape index (κ3) is 4.43. The molecule has 0 spiro atoms. The zero-order valence-electron chi connectivity index (χ0n) is 17.7. The molecule has 4 rings (SSSR count). The van der Waals surface area contributed by atoms with E-state index in [2.05, 4.69) is 9.67 Å². The van der Waals surface area contributed by atoms with Crippen LogP contribution < -0.4 is 27.4 Å². The SMILES string of the molecule is COCC[n+]1cn(C2CCC(C(C(N)=O)(c3ccccc3)c3ccccc3)C2)cn1.[Br-]. The van der Waals surface area contributed by atoms with Gasteiger partial charge in [0.15, 0.2) is 0 Å². The number of rotatable bonds is 8. The summed E-state index contributed by atoms with van der Waals surface area (Å²) in [6, 6.07) is 20.3. The fraction of sp³-hybridized carbons (Fsp3) is 0.375. The fourth-order valence-corrected chi connectivity index (χ4v) is 4.98. The van der Waals surface area contributed by atoms with E-state index in [1.54, 1.807) is 7.11 Å². The first-order valence-electron chi connectivity index (χ1n) is 10.5. The molecule has 2 N–H and O–H groups in total. The molecule has 1 amide bonds. The quantitative estimate of drug-likeness (QED) is 0.443. The number of ether oxygens (including phenoxy) is 1. The molecule has 164 valence electrons. The number of halogens is 1. The van der Waals surface area contributed by atoms with Crippen molar-refractivity contribution in [3.63, 3.8) is 0 Å². The van der Waals surface area contributed by atoms with Crippen LogP contribution in [-0.4, -0.2) is 29.3 Å². The average Bonchev–Trinajstić information content (AvgIpc) is 3.44. The van der Waals surface area contributed by atoms with Crippen LogP contribution in [0.1, 0.15) is 36.4 Å². The van der Waals surface area contributed by atoms with Crippen LogP contribution in [0.3, 0.4) is 0 Å². The van der Waals surface area contributed by atoms with Gasteiger partial charge in [0.2, 0.25) is 12.2 Å². The van der Waals surface area contributed by atoms with Crippen LogP contribution in [-0.2, 0) is 21.5 Å². The highest BCUT2D eigenvalue weighted by molar-refractivity contribution is 5.91. The summed E-state index contributed by atoms with van der Waals surface area (Å²) >= 11 is 0. The molecule has 1 aliphatic rings. The Hall–Kier alpha value is -2.51. The summed E-state index contributed by atoms with van der Waals surface area (Å²) in [6.45, 7) is 1.35. The number of hydrogen-bond acceptors (Lipinski definition) is 3. The van der Waals surface area contributed by atoms with Crippen molar-refractivity contribution in [3.05, 3.63) is 84.4 Å². The Bertz CT molecular complexity index is 938. The van der Waals surface area contributed by atoms with Gasteiger partial charge in [-0.15, -0.1) is 4.68 Å². The number of benzene rings is 2. The molecule has 3 aromatic rings. The third-order valence-corrected chi connectivity index (χ3v) is 6.41. The van der Waals surface area contributed by atoms with E-state index in [0.717, 1.165) is 36.9 Å². The second-order valence-electron chi connectivity index (χ2n) is 8.02. The van der Waals surface area contributed by atoms with E-state index >= 15 is 0 Å². The number of methoxy groups -OCH3 is 1. The molecule has 2 unspecified atom stereocenters. The zero-order chi connectivity index (χ0) is 21.0. The van der Waals surface area contributed by atoms with E-state index in [9.17, 15) is 4.79 Å². The Labute approximate surface area is 193 Å². The summed E-state index contributed by atoms with van der Waals surface area (Å²) < 4.78 is 9.20. The number of primary amides is 1. The lowest BCUT2D eigenvalue weighted by molar-refractivity contribution is -0.752. The largest absolute Gasteiger partial charge is 1.00 e. The summed E-state index contributed by atoms with van der Waals surface area (Å²) in [7, 11) is 1.69. The smallest absolute Gasteiger partial charge is 0.266 e. The van der Waals surface area contributed by atoms with Crippen molar-refractivity contribution in [2.75, 3.05) is 13.7 Å². The van der Waals surface area contributed by atoms with Crippen LogP contribution in [0.2, 0.25) is 0 Å². The Morgan fingerprint density at radius 3 is 2.29 bits per heavy atom. The van der Waals surface area contributed by atoms with Crippen LogP contribution in [0, 0.1) is 5.92 Å². The summed E-state index contributed by atoms with van der Waals surface area (Å²) in [5.74, 6) is -0.175. The van der Waals surface area contributed by atoms with Crippen molar-refractivity contribution in [1.82, 2.24) is 9.67 Å². The molecule has 31 heavy (non-hydrogen) atoms. The monoisotopic (exact) mass is 484 g/mol. The number of amides is 1. The highest BCUT2D eigenvalue weighted by Gasteiger charge is 2.50. The van der Waals surface area contributed by atoms with Gasteiger partial charge in [-0.1, -0.05) is 60.7 Å². The lowest BCUT2D eigenvalue weighted by Gasteiger charge is -2.37. The van der Waals surface area contributed by atoms with Crippen molar-refractivity contribution in [2.24, 2.45) is 11.7 Å². The van der Waals surface area contributed by atoms with Crippen LogP contribution in [0.5, 0.6) is 0 Å². The van der Waals surface area contributed by atoms with Gasteiger partial charge >= 0.3 is 0 Å². The zero-order valence-corrected chi connectivity index (χ0v) is 19.3. The van der Waals surface area contributed by atoms with Crippen molar-refractivity contribution in [1.29, 1.82) is 0 Å². The van der Waals surface area contributed by atoms with Gasteiger partial charge < -0.3 is 27.5 Å². The number of carbonyl (C=O) groups excluding carboxylic acids is 1. The number of nitrogens with zero attached hydrogens (tertiary/aromatic N) is 3. The van der Waals surface area contributed by atoms with Crippen LogP contribution in [0.4, 0.5) is 0 Å². The van der Waals surface area contributed by atoms with E-state index in [1.165, 1.54) is 0 Å². The van der Waals surface area contributed by atoms with Gasteiger partial charge in [-0.05, 0) is 41.4 Å².